The highest BCUT2D eigenvalue weighted by atomic mass is 16.5. The van der Waals surface area contributed by atoms with Crippen molar-refractivity contribution in [3.05, 3.63) is 0 Å². The van der Waals surface area contributed by atoms with Crippen LogP contribution in [0.3, 0.4) is 0 Å². The molecule has 0 heterocycles. The molecule has 0 aromatic heterocycles. The number of rotatable bonds is 3. The molecule has 4 nitrogen and oxygen atoms in total. The number of hydrogen-bond acceptors (Lipinski definition) is 3. The average Bonchev–Trinajstić information content (AvgIpc) is 2.82. The Hall–Kier alpha value is -1.06. The van der Waals surface area contributed by atoms with E-state index in [0.717, 1.165) is 25.7 Å². The van der Waals surface area contributed by atoms with Crippen molar-refractivity contribution in [1.82, 2.24) is 0 Å². The number of carbonyl (C=O) groups is 2. The first-order valence-corrected chi connectivity index (χ1v) is 6.60. The summed E-state index contributed by atoms with van der Waals surface area (Å²) >= 11 is 0. The number of carbonyl (C=O) groups excluding carboxylic acids is 1. The highest BCUT2D eigenvalue weighted by molar-refractivity contribution is 5.74. The van der Waals surface area contributed by atoms with E-state index in [1.54, 1.807) is 0 Å². The van der Waals surface area contributed by atoms with Crippen LogP contribution in [0.4, 0.5) is 0 Å². The van der Waals surface area contributed by atoms with Gasteiger partial charge in [0.25, 0.3) is 0 Å². The third-order valence-corrected chi connectivity index (χ3v) is 3.99. The third kappa shape index (κ3) is 3.20. The minimum atomic E-state index is -0.729. The minimum absolute atomic E-state index is 0.0637. The summed E-state index contributed by atoms with van der Waals surface area (Å²) < 4.78 is 5.46. The van der Waals surface area contributed by atoms with Gasteiger partial charge in [-0.3, -0.25) is 9.59 Å². The molecular weight excluding hydrogens is 220 g/mol. The number of aliphatic carboxylic acids is 1. The predicted molar refractivity (Wildman–Crippen MR) is 61.4 cm³/mol. The Labute approximate surface area is 101 Å². The highest BCUT2D eigenvalue weighted by Gasteiger charge is 2.32. The quantitative estimate of drug-likeness (QED) is 0.769. The van der Waals surface area contributed by atoms with Crippen LogP contribution in [0.1, 0.15) is 51.4 Å². The summed E-state index contributed by atoms with van der Waals surface area (Å²) in [6, 6.07) is 0. The molecule has 0 aliphatic heterocycles. The van der Waals surface area contributed by atoms with Gasteiger partial charge in [-0.25, -0.2) is 0 Å². The van der Waals surface area contributed by atoms with Crippen molar-refractivity contribution in [3.8, 4) is 0 Å². The maximum atomic E-state index is 11.9. The fourth-order valence-corrected chi connectivity index (χ4v) is 2.84. The highest BCUT2D eigenvalue weighted by Crippen LogP contribution is 2.31. The number of hydrogen-bond donors (Lipinski definition) is 1. The van der Waals surface area contributed by atoms with E-state index < -0.39 is 5.97 Å². The number of esters is 1. The monoisotopic (exact) mass is 240 g/mol. The van der Waals surface area contributed by atoms with E-state index in [-0.39, 0.29) is 23.9 Å². The lowest BCUT2D eigenvalue weighted by Crippen LogP contribution is -2.29. The number of carboxylic acids is 1. The second-order valence-electron chi connectivity index (χ2n) is 5.23. The van der Waals surface area contributed by atoms with Gasteiger partial charge in [-0.15, -0.1) is 0 Å². The normalized spacial score (nSPS) is 30.1. The van der Waals surface area contributed by atoms with Gasteiger partial charge in [0.2, 0.25) is 0 Å². The first kappa shape index (κ1) is 12.4. The molecule has 96 valence electrons. The number of carboxylic acid groups (broad SMARTS) is 1. The van der Waals surface area contributed by atoms with Crippen LogP contribution in [0, 0.1) is 11.8 Å². The van der Waals surface area contributed by atoms with E-state index in [2.05, 4.69) is 0 Å². The molecule has 0 amide bonds. The van der Waals surface area contributed by atoms with E-state index in [9.17, 15) is 9.59 Å². The zero-order chi connectivity index (χ0) is 12.3. The van der Waals surface area contributed by atoms with E-state index >= 15 is 0 Å². The third-order valence-electron chi connectivity index (χ3n) is 3.99. The molecule has 0 unspecified atom stereocenters. The summed E-state index contributed by atoms with van der Waals surface area (Å²) in [7, 11) is 0. The summed E-state index contributed by atoms with van der Waals surface area (Å²) in [5.74, 6) is -1.15. The summed E-state index contributed by atoms with van der Waals surface area (Å²) in [6.45, 7) is 0. The molecule has 0 spiro atoms. The predicted octanol–water partition coefficient (Wildman–Crippen LogP) is 2.36. The van der Waals surface area contributed by atoms with Gasteiger partial charge in [-0.2, -0.15) is 0 Å². The topological polar surface area (TPSA) is 63.6 Å². The Kier molecular flexibility index (Phi) is 4.02. The van der Waals surface area contributed by atoms with Gasteiger partial charge in [0.05, 0.1) is 11.8 Å². The van der Waals surface area contributed by atoms with Crippen LogP contribution in [-0.4, -0.2) is 23.1 Å². The fraction of sp³-hybridized carbons (Fsp3) is 0.846. The fourth-order valence-electron chi connectivity index (χ4n) is 2.84. The zero-order valence-electron chi connectivity index (χ0n) is 10.1. The molecule has 2 rings (SSSR count). The Morgan fingerprint density at radius 2 is 1.41 bits per heavy atom. The summed E-state index contributed by atoms with van der Waals surface area (Å²) in [4.78, 5) is 22.7. The van der Waals surface area contributed by atoms with E-state index in [4.69, 9.17) is 9.84 Å². The lowest BCUT2D eigenvalue weighted by molar-refractivity contribution is -0.157. The molecule has 0 aromatic carbocycles. The number of ether oxygens (including phenoxy) is 1. The average molecular weight is 240 g/mol. The van der Waals surface area contributed by atoms with Crippen molar-refractivity contribution < 1.29 is 19.4 Å². The maximum Gasteiger partial charge on any atom is 0.309 e. The Morgan fingerprint density at radius 3 is 1.94 bits per heavy atom. The molecule has 17 heavy (non-hydrogen) atoms. The van der Waals surface area contributed by atoms with Crippen LogP contribution in [0.25, 0.3) is 0 Å². The molecule has 2 fully saturated rings. The summed E-state index contributed by atoms with van der Waals surface area (Å²) in [5.41, 5.74) is 0. The van der Waals surface area contributed by atoms with Crippen LogP contribution in [0.2, 0.25) is 0 Å². The Morgan fingerprint density at radius 1 is 0.882 bits per heavy atom. The van der Waals surface area contributed by atoms with Gasteiger partial charge in [0.1, 0.15) is 6.10 Å². The first-order chi connectivity index (χ1) is 8.16. The van der Waals surface area contributed by atoms with Gasteiger partial charge >= 0.3 is 11.9 Å². The molecule has 2 aliphatic rings. The molecule has 0 aromatic rings. The van der Waals surface area contributed by atoms with E-state index in [0.29, 0.717) is 25.7 Å². The molecule has 0 radical (unpaired) electrons. The molecule has 0 bridgehead atoms. The Bertz CT molecular complexity index is 286. The van der Waals surface area contributed by atoms with Crippen molar-refractivity contribution in [2.24, 2.45) is 11.8 Å². The first-order valence-electron chi connectivity index (χ1n) is 6.60. The van der Waals surface area contributed by atoms with E-state index in [1.807, 2.05) is 0 Å². The van der Waals surface area contributed by atoms with Crippen molar-refractivity contribution in [2.45, 2.75) is 57.5 Å². The van der Waals surface area contributed by atoms with Crippen molar-refractivity contribution in [1.29, 1.82) is 0 Å². The van der Waals surface area contributed by atoms with Gasteiger partial charge in [-0.05, 0) is 51.4 Å². The summed E-state index contributed by atoms with van der Waals surface area (Å²) in [5, 5.41) is 8.88. The van der Waals surface area contributed by atoms with Crippen LogP contribution in [0.5, 0.6) is 0 Å². The standard InChI is InChI=1S/C13H20O4/c14-12(15)9-5-7-10(8-6-9)13(16)17-11-3-1-2-4-11/h9-11H,1-8H2,(H,14,15). The molecule has 2 saturated carbocycles. The van der Waals surface area contributed by atoms with Crippen LogP contribution in [0.15, 0.2) is 0 Å². The smallest absolute Gasteiger partial charge is 0.309 e. The van der Waals surface area contributed by atoms with E-state index in [1.165, 1.54) is 0 Å². The largest absolute Gasteiger partial charge is 0.481 e. The minimum Gasteiger partial charge on any atom is -0.481 e. The second-order valence-corrected chi connectivity index (χ2v) is 5.23. The van der Waals surface area contributed by atoms with Gasteiger partial charge in [0, 0.05) is 0 Å². The molecule has 0 atom stereocenters. The molecule has 0 saturated heterocycles. The molecule has 1 N–H and O–H groups in total. The van der Waals surface area contributed by atoms with Crippen LogP contribution in [-0.2, 0) is 14.3 Å². The SMILES string of the molecule is O=C(O)C1CCC(C(=O)OC2CCCC2)CC1. The molecule has 2 aliphatic carbocycles. The van der Waals surface area contributed by atoms with Crippen molar-refractivity contribution in [2.75, 3.05) is 0 Å². The summed E-state index contributed by atoms with van der Waals surface area (Å²) in [6.07, 6.45) is 6.99. The van der Waals surface area contributed by atoms with Crippen LogP contribution < -0.4 is 0 Å². The van der Waals surface area contributed by atoms with Crippen molar-refractivity contribution >= 4 is 11.9 Å². The van der Waals surface area contributed by atoms with Gasteiger partial charge < -0.3 is 9.84 Å². The molecule has 4 heteroatoms. The molecular formula is C13H20O4. The van der Waals surface area contributed by atoms with Gasteiger partial charge in [0.15, 0.2) is 0 Å². The zero-order valence-corrected chi connectivity index (χ0v) is 10.1. The Balaban J connectivity index is 1.75. The van der Waals surface area contributed by atoms with Gasteiger partial charge in [-0.1, -0.05) is 0 Å². The van der Waals surface area contributed by atoms with Crippen LogP contribution >= 0.6 is 0 Å². The lowest BCUT2D eigenvalue weighted by Gasteiger charge is -2.25. The van der Waals surface area contributed by atoms with Crippen molar-refractivity contribution in [3.63, 3.8) is 0 Å². The maximum absolute atomic E-state index is 11.9. The second kappa shape index (κ2) is 5.52. The lowest BCUT2D eigenvalue weighted by atomic mass is 9.82.